The second kappa shape index (κ2) is 10.2. The number of amides is 2. The minimum Gasteiger partial charge on any atom is -0.387 e. The van der Waals surface area contributed by atoms with Crippen molar-refractivity contribution in [3.8, 4) is 0 Å². The lowest BCUT2D eigenvalue weighted by Gasteiger charge is -2.26. The zero-order chi connectivity index (χ0) is 19.8. The number of aliphatic hydroxyl groups is 1. The molecule has 1 aliphatic heterocycles. The van der Waals surface area contributed by atoms with E-state index in [0.717, 1.165) is 38.4 Å². The van der Waals surface area contributed by atoms with E-state index in [-0.39, 0.29) is 18.4 Å². The van der Waals surface area contributed by atoms with E-state index in [4.69, 9.17) is 4.74 Å². The Hall–Kier alpha value is -2.48. The summed E-state index contributed by atoms with van der Waals surface area (Å²) < 4.78 is 18.3. The smallest absolute Gasteiger partial charge is 0.315 e. The fraction of sp³-hybridized carbons (Fsp3) is 0.381. The number of aliphatic hydroxyl groups excluding tert-OH is 1. The summed E-state index contributed by atoms with van der Waals surface area (Å²) in [6.07, 6.45) is -0.883. The van der Waals surface area contributed by atoms with Gasteiger partial charge >= 0.3 is 6.03 Å². The molecule has 1 heterocycles. The molecular weight excluding hydrogens is 361 g/mol. The van der Waals surface area contributed by atoms with E-state index in [1.54, 1.807) is 0 Å². The molecule has 6 nitrogen and oxygen atoms in total. The molecule has 2 aromatic rings. The third kappa shape index (κ3) is 6.30. The van der Waals surface area contributed by atoms with Crippen LogP contribution in [0.5, 0.6) is 0 Å². The van der Waals surface area contributed by atoms with Crippen LogP contribution in [0.2, 0.25) is 0 Å². The molecule has 28 heavy (non-hydrogen) atoms. The van der Waals surface area contributed by atoms with Crippen LogP contribution in [0.25, 0.3) is 0 Å². The van der Waals surface area contributed by atoms with E-state index < -0.39 is 6.10 Å². The lowest BCUT2D eigenvalue weighted by molar-refractivity contribution is 0.0342. The molecule has 1 fully saturated rings. The Morgan fingerprint density at radius 1 is 1.04 bits per heavy atom. The summed E-state index contributed by atoms with van der Waals surface area (Å²) in [4.78, 5) is 14.3. The topological polar surface area (TPSA) is 73.8 Å². The molecule has 2 amide bonds. The van der Waals surface area contributed by atoms with Gasteiger partial charge in [0.2, 0.25) is 0 Å². The van der Waals surface area contributed by atoms with Crippen molar-refractivity contribution >= 4 is 6.03 Å². The summed E-state index contributed by atoms with van der Waals surface area (Å²) in [5, 5.41) is 15.4. The Balaban J connectivity index is 1.38. The monoisotopic (exact) mass is 387 g/mol. The van der Waals surface area contributed by atoms with Gasteiger partial charge in [-0.2, -0.15) is 0 Å². The molecule has 1 unspecified atom stereocenters. The van der Waals surface area contributed by atoms with Crippen molar-refractivity contribution in [3.63, 3.8) is 0 Å². The number of ether oxygens (including phenoxy) is 1. The summed E-state index contributed by atoms with van der Waals surface area (Å²) >= 11 is 0. The van der Waals surface area contributed by atoms with Crippen molar-refractivity contribution in [2.45, 2.75) is 19.2 Å². The molecule has 1 atom stereocenters. The normalized spacial score (nSPS) is 15.8. The van der Waals surface area contributed by atoms with Gasteiger partial charge in [-0.25, -0.2) is 9.18 Å². The first-order valence-electron chi connectivity index (χ1n) is 9.43. The van der Waals surface area contributed by atoms with Gasteiger partial charge < -0.3 is 20.5 Å². The van der Waals surface area contributed by atoms with Crippen LogP contribution >= 0.6 is 0 Å². The molecule has 0 radical (unpaired) electrons. The van der Waals surface area contributed by atoms with Crippen LogP contribution in [-0.4, -0.2) is 48.9 Å². The van der Waals surface area contributed by atoms with E-state index in [0.29, 0.717) is 12.1 Å². The number of hydrogen-bond acceptors (Lipinski definition) is 4. The van der Waals surface area contributed by atoms with Crippen LogP contribution in [0.1, 0.15) is 22.8 Å². The summed E-state index contributed by atoms with van der Waals surface area (Å²) in [5.41, 5.74) is 2.79. The molecule has 7 heteroatoms. The molecule has 3 N–H and O–H groups in total. The molecule has 0 bridgehead atoms. The van der Waals surface area contributed by atoms with Gasteiger partial charge in [0, 0.05) is 32.7 Å². The standard InChI is InChI=1S/C21H26FN3O3/c22-19-7-5-18(6-8-19)20(26)14-24-21(27)23-13-16-1-3-17(4-2-16)15-25-9-11-28-12-10-25/h1-8,20,26H,9-15H2,(H2,23,24,27). The first-order valence-corrected chi connectivity index (χ1v) is 9.43. The van der Waals surface area contributed by atoms with Crippen molar-refractivity contribution in [1.82, 2.24) is 15.5 Å². The van der Waals surface area contributed by atoms with E-state index >= 15 is 0 Å². The first-order chi connectivity index (χ1) is 13.6. The van der Waals surface area contributed by atoms with Gasteiger partial charge in [-0.05, 0) is 28.8 Å². The third-order valence-electron chi connectivity index (χ3n) is 4.70. The zero-order valence-corrected chi connectivity index (χ0v) is 15.7. The van der Waals surface area contributed by atoms with Gasteiger partial charge in [0.15, 0.2) is 0 Å². The van der Waals surface area contributed by atoms with Crippen LogP contribution in [0, 0.1) is 5.82 Å². The summed E-state index contributed by atoms with van der Waals surface area (Å²) in [6, 6.07) is 13.3. The maximum absolute atomic E-state index is 12.9. The molecule has 3 rings (SSSR count). The van der Waals surface area contributed by atoms with Crippen molar-refractivity contribution in [3.05, 3.63) is 71.0 Å². The number of urea groups is 1. The molecule has 0 saturated carbocycles. The number of morpholine rings is 1. The Kier molecular flexibility index (Phi) is 7.36. The van der Waals surface area contributed by atoms with Crippen LogP contribution in [0.4, 0.5) is 9.18 Å². The van der Waals surface area contributed by atoms with E-state index in [1.165, 1.54) is 29.8 Å². The molecule has 0 spiro atoms. The van der Waals surface area contributed by atoms with Gasteiger partial charge in [-0.15, -0.1) is 0 Å². The highest BCUT2D eigenvalue weighted by Gasteiger charge is 2.11. The molecule has 1 aliphatic rings. The van der Waals surface area contributed by atoms with Crippen LogP contribution in [-0.2, 0) is 17.8 Å². The highest BCUT2D eigenvalue weighted by atomic mass is 19.1. The maximum atomic E-state index is 12.9. The second-order valence-corrected chi connectivity index (χ2v) is 6.84. The zero-order valence-electron chi connectivity index (χ0n) is 15.7. The summed E-state index contributed by atoms with van der Waals surface area (Å²) in [6.45, 7) is 4.82. The Labute approximate surface area is 164 Å². The number of nitrogens with one attached hydrogen (secondary N) is 2. The van der Waals surface area contributed by atoms with Crippen molar-refractivity contribution in [1.29, 1.82) is 0 Å². The highest BCUT2D eigenvalue weighted by molar-refractivity contribution is 5.73. The van der Waals surface area contributed by atoms with E-state index in [1.807, 2.05) is 12.1 Å². The average Bonchev–Trinajstić information content (AvgIpc) is 2.73. The van der Waals surface area contributed by atoms with Crippen molar-refractivity contribution in [2.24, 2.45) is 0 Å². The molecular formula is C21H26FN3O3. The number of hydrogen-bond donors (Lipinski definition) is 3. The Morgan fingerprint density at radius 2 is 1.68 bits per heavy atom. The largest absolute Gasteiger partial charge is 0.387 e. The molecule has 0 aliphatic carbocycles. The maximum Gasteiger partial charge on any atom is 0.315 e. The number of carbonyl (C=O) groups is 1. The molecule has 150 valence electrons. The lowest BCUT2D eigenvalue weighted by atomic mass is 10.1. The van der Waals surface area contributed by atoms with Crippen LogP contribution in [0.3, 0.4) is 0 Å². The summed E-state index contributed by atoms with van der Waals surface area (Å²) in [5.74, 6) is -0.363. The second-order valence-electron chi connectivity index (χ2n) is 6.84. The SMILES string of the molecule is O=C(NCc1ccc(CN2CCOCC2)cc1)NCC(O)c1ccc(F)cc1. The number of benzene rings is 2. The van der Waals surface area contributed by atoms with Gasteiger partial charge in [0.25, 0.3) is 0 Å². The van der Waals surface area contributed by atoms with Gasteiger partial charge in [-0.1, -0.05) is 36.4 Å². The van der Waals surface area contributed by atoms with Gasteiger partial charge in [-0.3, -0.25) is 4.90 Å². The minimum atomic E-state index is -0.883. The Morgan fingerprint density at radius 3 is 2.36 bits per heavy atom. The number of halogens is 1. The quantitative estimate of drug-likeness (QED) is 0.681. The van der Waals surface area contributed by atoms with Gasteiger partial charge in [0.1, 0.15) is 5.82 Å². The number of rotatable bonds is 7. The predicted octanol–water partition coefficient (Wildman–Crippen LogP) is 2.19. The van der Waals surface area contributed by atoms with Crippen molar-refractivity contribution in [2.75, 3.05) is 32.8 Å². The summed E-state index contributed by atoms with van der Waals surface area (Å²) in [7, 11) is 0. The van der Waals surface area contributed by atoms with Crippen LogP contribution < -0.4 is 10.6 Å². The average molecular weight is 387 g/mol. The fourth-order valence-electron chi connectivity index (χ4n) is 3.02. The molecule has 0 aromatic heterocycles. The lowest BCUT2D eigenvalue weighted by Crippen LogP contribution is -2.37. The van der Waals surface area contributed by atoms with Crippen molar-refractivity contribution < 1.29 is 19.0 Å². The molecule has 2 aromatic carbocycles. The highest BCUT2D eigenvalue weighted by Crippen LogP contribution is 2.12. The fourth-order valence-corrected chi connectivity index (χ4v) is 3.02. The minimum absolute atomic E-state index is 0.0515. The van der Waals surface area contributed by atoms with E-state index in [2.05, 4.69) is 27.7 Å². The number of carbonyl (C=O) groups excluding carboxylic acids is 1. The van der Waals surface area contributed by atoms with Crippen LogP contribution in [0.15, 0.2) is 48.5 Å². The third-order valence-corrected chi connectivity index (χ3v) is 4.70. The first kappa shape index (κ1) is 20.3. The van der Waals surface area contributed by atoms with Gasteiger partial charge in [0.05, 0.1) is 19.3 Å². The predicted molar refractivity (Wildman–Crippen MR) is 104 cm³/mol. The molecule has 1 saturated heterocycles. The number of nitrogens with zero attached hydrogens (tertiary/aromatic N) is 1. The Bertz CT molecular complexity index is 746. The van der Waals surface area contributed by atoms with E-state index in [9.17, 15) is 14.3 Å².